The largest absolute Gasteiger partial charge is 0.350 e. The molecule has 1 atom stereocenters. The summed E-state index contributed by atoms with van der Waals surface area (Å²) >= 11 is 6.46. The highest BCUT2D eigenvalue weighted by atomic mass is 35.5. The maximum Gasteiger partial charge on any atom is 0.177 e. The van der Waals surface area contributed by atoms with Gasteiger partial charge in [-0.1, -0.05) is 49.4 Å². The van der Waals surface area contributed by atoms with E-state index >= 15 is 0 Å². The molecule has 0 N–H and O–H groups in total. The molecule has 0 amide bonds. The first-order valence-corrected chi connectivity index (χ1v) is 10.2. The molecule has 2 aromatic rings. The summed E-state index contributed by atoms with van der Waals surface area (Å²) in [5.74, 6) is 7.16. The van der Waals surface area contributed by atoms with Crippen LogP contribution in [0.4, 0.5) is 0 Å². The van der Waals surface area contributed by atoms with Crippen LogP contribution in [-0.4, -0.2) is 34.5 Å². The van der Waals surface area contributed by atoms with Gasteiger partial charge in [-0.2, -0.15) is 0 Å². The zero-order valence-electron chi connectivity index (χ0n) is 16.6. The molecular formula is C22H26ClN3O2. The van der Waals surface area contributed by atoms with Crippen LogP contribution < -0.4 is 0 Å². The molecule has 0 spiro atoms. The van der Waals surface area contributed by atoms with Crippen LogP contribution in [0.5, 0.6) is 0 Å². The van der Waals surface area contributed by atoms with Gasteiger partial charge in [0.2, 0.25) is 0 Å². The van der Waals surface area contributed by atoms with E-state index in [2.05, 4.69) is 49.0 Å². The highest BCUT2D eigenvalue weighted by molar-refractivity contribution is 6.31. The molecule has 28 heavy (non-hydrogen) atoms. The van der Waals surface area contributed by atoms with Crippen molar-refractivity contribution in [2.45, 2.75) is 52.4 Å². The van der Waals surface area contributed by atoms with Crippen LogP contribution >= 0.6 is 11.6 Å². The average Bonchev–Trinajstić information content (AvgIpc) is 3.39. The van der Waals surface area contributed by atoms with Gasteiger partial charge in [-0.15, -0.1) is 5.10 Å². The van der Waals surface area contributed by atoms with Crippen molar-refractivity contribution in [1.29, 1.82) is 0 Å². The zero-order chi connectivity index (χ0) is 19.7. The maximum absolute atomic E-state index is 6.46. The molecule has 6 heteroatoms. The molecule has 1 aliphatic heterocycles. The Morgan fingerprint density at radius 2 is 2.04 bits per heavy atom. The van der Waals surface area contributed by atoms with Crippen molar-refractivity contribution in [3.05, 3.63) is 46.2 Å². The Morgan fingerprint density at radius 1 is 1.29 bits per heavy atom. The van der Waals surface area contributed by atoms with E-state index in [-0.39, 0.29) is 17.6 Å². The molecule has 2 heterocycles. The highest BCUT2D eigenvalue weighted by Crippen LogP contribution is 2.31. The minimum atomic E-state index is -0.289. The quantitative estimate of drug-likeness (QED) is 0.721. The lowest BCUT2D eigenvalue weighted by Crippen LogP contribution is -2.39. The fraction of sp³-hybridized carbons (Fsp3) is 0.545. The van der Waals surface area contributed by atoms with Gasteiger partial charge < -0.3 is 9.47 Å². The van der Waals surface area contributed by atoms with Crippen LogP contribution in [0.1, 0.15) is 56.4 Å². The lowest BCUT2D eigenvalue weighted by molar-refractivity contribution is -0.227. The van der Waals surface area contributed by atoms with Gasteiger partial charge in [-0.05, 0) is 36.6 Å². The van der Waals surface area contributed by atoms with Crippen molar-refractivity contribution < 1.29 is 9.47 Å². The Bertz CT molecular complexity index is 898. The first-order chi connectivity index (χ1) is 13.4. The van der Waals surface area contributed by atoms with Crippen molar-refractivity contribution in [2.24, 2.45) is 11.3 Å². The Morgan fingerprint density at radius 3 is 2.75 bits per heavy atom. The monoisotopic (exact) mass is 399 g/mol. The molecule has 1 aromatic carbocycles. The predicted molar refractivity (Wildman–Crippen MR) is 108 cm³/mol. The summed E-state index contributed by atoms with van der Waals surface area (Å²) in [6.45, 7) is 8.23. The molecular weight excluding hydrogens is 374 g/mol. The number of benzene rings is 1. The van der Waals surface area contributed by atoms with Gasteiger partial charge in [0.15, 0.2) is 6.29 Å². The van der Waals surface area contributed by atoms with Crippen LogP contribution in [0.2, 0.25) is 5.02 Å². The molecule has 1 aliphatic carbocycles. The number of hydrogen-bond donors (Lipinski definition) is 0. The summed E-state index contributed by atoms with van der Waals surface area (Å²) in [7, 11) is 0. The SMILES string of the molecule is CC(c1cn(CC2OCC(C)(C)CO2)nn1)c1cc(C#CC2CC2)ccc1Cl. The van der Waals surface area contributed by atoms with Gasteiger partial charge in [0, 0.05) is 34.0 Å². The van der Waals surface area contributed by atoms with Gasteiger partial charge in [-0.3, -0.25) is 0 Å². The summed E-state index contributed by atoms with van der Waals surface area (Å²) in [4.78, 5) is 0. The third-order valence-corrected chi connectivity index (χ3v) is 5.46. The van der Waals surface area contributed by atoms with Crippen LogP contribution in [-0.2, 0) is 16.0 Å². The molecule has 1 aromatic heterocycles. The maximum atomic E-state index is 6.46. The smallest absolute Gasteiger partial charge is 0.177 e. The van der Waals surface area contributed by atoms with Gasteiger partial charge in [0.25, 0.3) is 0 Å². The molecule has 0 bridgehead atoms. The summed E-state index contributed by atoms with van der Waals surface area (Å²) in [6, 6.07) is 5.96. The van der Waals surface area contributed by atoms with Crippen molar-refractivity contribution in [3.63, 3.8) is 0 Å². The van der Waals surface area contributed by atoms with Crippen LogP contribution in [0.25, 0.3) is 0 Å². The molecule has 0 radical (unpaired) electrons. The lowest BCUT2D eigenvalue weighted by atomic mass is 9.96. The second-order valence-electron chi connectivity index (χ2n) is 8.58. The van der Waals surface area contributed by atoms with E-state index in [9.17, 15) is 0 Å². The number of halogens is 1. The molecule has 148 valence electrons. The number of nitrogens with zero attached hydrogens (tertiary/aromatic N) is 3. The lowest BCUT2D eigenvalue weighted by Gasteiger charge is -2.34. The second kappa shape index (κ2) is 7.87. The standard InChI is InChI=1S/C22H26ClN3O2/c1-15(18-10-17(8-9-19(18)23)7-6-16-4-5-16)20-11-26(25-24-20)12-21-27-13-22(2,3)14-28-21/h8-11,15-16,21H,4-5,12-14H2,1-3H3. The van der Waals surface area contributed by atoms with E-state index < -0.39 is 0 Å². The number of hydrogen-bond acceptors (Lipinski definition) is 4. The van der Waals surface area contributed by atoms with Crippen molar-refractivity contribution in [1.82, 2.24) is 15.0 Å². The predicted octanol–water partition coefficient (Wildman–Crippen LogP) is 4.24. The van der Waals surface area contributed by atoms with Gasteiger partial charge in [0.05, 0.1) is 25.5 Å². The zero-order valence-corrected chi connectivity index (χ0v) is 17.4. The summed E-state index contributed by atoms with van der Waals surface area (Å²) in [5.41, 5.74) is 2.94. The molecule has 1 saturated heterocycles. The number of ether oxygens (including phenoxy) is 2. The Hall–Kier alpha value is -1.87. The fourth-order valence-corrected chi connectivity index (χ4v) is 3.39. The van der Waals surface area contributed by atoms with Crippen molar-refractivity contribution >= 4 is 11.6 Å². The minimum Gasteiger partial charge on any atom is -0.350 e. The fourth-order valence-electron chi connectivity index (χ4n) is 3.11. The third-order valence-electron chi connectivity index (χ3n) is 5.12. The highest BCUT2D eigenvalue weighted by Gasteiger charge is 2.29. The topological polar surface area (TPSA) is 49.2 Å². The van der Waals surface area contributed by atoms with Crippen LogP contribution in [0.3, 0.4) is 0 Å². The van der Waals surface area contributed by atoms with Crippen molar-refractivity contribution in [2.75, 3.05) is 13.2 Å². The van der Waals surface area contributed by atoms with E-state index in [1.165, 1.54) is 12.8 Å². The first kappa shape index (κ1) is 19.4. The van der Waals surface area contributed by atoms with Crippen LogP contribution in [0.15, 0.2) is 24.4 Å². The summed E-state index contributed by atoms with van der Waals surface area (Å²) in [6.07, 6.45) is 4.09. The summed E-state index contributed by atoms with van der Waals surface area (Å²) in [5, 5.41) is 9.32. The van der Waals surface area contributed by atoms with Gasteiger partial charge in [-0.25, -0.2) is 4.68 Å². The van der Waals surface area contributed by atoms with E-state index in [1.54, 1.807) is 4.68 Å². The Balaban J connectivity index is 1.45. The number of aromatic nitrogens is 3. The average molecular weight is 400 g/mol. The minimum absolute atomic E-state index is 0.0241. The molecule has 1 saturated carbocycles. The third kappa shape index (κ3) is 4.75. The Kier molecular flexibility index (Phi) is 5.46. The van der Waals surface area contributed by atoms with Crippen LogP contribution in [0, 0.1) is 23.2 Å². The first-order valence-electron chi connectivity index (χ1n) is 9.84. The molecule has 5 nitrogen and oxygen atoms in total. The van der Waals surface area contributed by atoms with Gasteiger partial charge >= 0.3 is 0 Å². The molecule has 4 rings (SSSR count). The summed E-state index contributed by atoms with van der Waals surface area (Å²) < 4.78 is 13.4. The van der Waals surface area contributed by atoms with E-state index in [1.807, 2.05) is 18.3 Å². The van der Waals surface area contributed by atoms with Gasteiger partial charge in [0.1, 0.15) is 0 Å². The molecule has 2 fully saturated rings. The van der Waals surface area contributed by atoms with E-state index in [4.69, 9.17) is 21.1 Å². The molecule has 1 unspecified atom stereocenters. The van der Waals surface area contributed by atoms with Crippen molar-refractivity contribution in [3.8, 4) is 11.8 Å². The Labute approximate surface area is 171 Å². The number of rotatable bonds is 4. The van der Waals surface area contributed by atoms with E-state index in [0.717, 1.165) is 21.8 Å². The second-order valence-corrected chi connectivity index (χ2v) is 8.99. The van der Waals surface area contributed by atoms with E-state index in [0.29, 0.717) is 25.7 Å². The normalized spacial score (nSPS) is 20.4. The molecule has 2 aliphatic rings.